The van der Waals surface area contributed by atoms with Crippen LogP contribution in [0, 0.1) is 6.92 Å². The molecule has 1 aromatic heterocycles. The predicted octanol–water partition coefficient (Wildman–Crippen LogP) is 2.20. The van der Waals surface area contributed by atoms with Gasteiger partial charge in [0, 0.05) is 48.8 Å². The Morgan fingerprint density at radius 1 is 1.15 bits per heavy atom. The molecule has 0 bridgehead atoms. The number of aryl methyl sites for hydroxylation is 1. The summed E-state index contributed by atoms with van der Waals surface area (Å²) in [6.07, 6.45) is 1.96. The maximum Gasteiger partial charge on any atom is 0.291 e. The second-order valence-electron chi connectivity index (χ2n) is 6.86. The van der Waals surface area contributed by atoms with E-state index in [9.17, 15) is 14.4 Å². The van der Waals surface area contributed by atoms with Crippen molar-refractivity contribution in [1.29, 1.82) is 0 Å². The van der Waals surface area contributed by atoms with Crippen molar-refractivity contribution >= 4 is 41.1 Å². The van der Waals surface area contributed by atoms with Crippen molar-refractivity contribution in [3.63, 3.8) is 0 Å². The van der Waals surface area contributed by atoms with Gasteiger partial charge < -0.3 is 14.2 Å². The molecule has 2 amide bonds. The molecule has 0 N–H and O–H groups in total. The van der Waals surface area contributed by atoms with Gasteiger partial charge in [0.05, 0.1) is 11.4 Å². The van der Waals surface area contributed by atoms with Gasteiger partial charge in [0.15, 0.2) is 11.5 Å². The number of carbonyl (C=O) groups excluding carboxylic acids is 3. The topological polar surface area (TPSA) is 70.8 Å². The minimum atomic E-state index is -0.437. The first-order valence-corrected chi connectivity index (χ1v) is 11.3. The summed E-state index contributed by atoms with van der Waals surface area (Å²) in [5.41, 5.74) is 1.22. The van der Waals surface area contributed by atoms with Gasteiger partial charge in [0.1, 0.15) is 11.8 Å². The van der Waals surface area contributed by atoms with Gasteiger partial charge in [-0.3, -0.25) is 14.4 Å². The maximum absolute atomic E-state index is 13.1. The number of thioether (sulfide) groups is 2. The molecule has 4 rings (SSSR count). The molecule has 140 valence electrons. The van der Waals surface area contributed by atoms with Crippen LogP contribution in [0.4, 0.5) is 0 Å². The minimum Gasteiger partial charge on any atom is -0.455 e. The maximum atomic E-state index is 13.1. The molecule has 8 heteroatoms. The zero-order valence-electron chi connectivity index (χ0n) is 14.8. The van der Waals surface area contributed by atoms with Gasteiger partial charge in [-0.05, 0) is 13.3 Å². The Hall–Kier alpha value is -1.41. The van der Waals surface area contributed by atoms with E-state index in [-0.39, 0.29) is 23.4 Å². The quantitative estimate of drug-likeness (QED) is 0.766. The van der Waals surface area contributed by atoms with Gasteiger partial charge in [-0.1, -0.05) is 0 Å². The number of nitrogens with zero attached hydrogens (tertiary/aromatic N) is 2. The van der Waals surface area contributed by atoms with Gasteiger partial charge in [0.25, 0.3) is 5.91 Å². The lowest BCUT2D eigenvalue weighted by Crippen LogP contribution is -2.51. The normalized spacial score (nSPS) is 23.3. The summed E-state index contributed by atoms with van der Waals surface area (Å²) in [5, 5.41) is 0. The smallest absolute Gasteiger partial charge is 0.291 e. The molecule has 0 saturated carbocycles. The molecular weight excluding hydrogens is 372 g/mol. The van der Waals surface area contributed by atoms with E-state index in [4.69, 9.17) is 4.42 Å². The van der Waals surface area contributed by atoms with Crippen molar-refractivity contribution in [2.24, 2.45) is 0 Å². The number of hydrogen-bond acceptors (Lipinski definition) is 6. The third-order valence-corrected chi connectivity index (χ3v) is 7.21. The number of rotatable bonds is 2. The van der Waals surface area contributed by atoms with Crippen LogP contribution in [0.15, 0.2) is 4.42 Å². The van der Waals surface area contributed by atoms with Crippen molar-refractivity contribution < 1.29 is 18.8 Å². The van der Waals surface area contributed by atoms with Crippen LogP contribution in [-0.2, 0) is 11.2 Å². The Morgan fingerprint density at radius 3 is 2.65 bits per heavy atom. The van der Waals surface area contributed by atoms with Crippen molar-refractivity contribution in [2.75, 3.05) is 36.2 Å². The van der Waals surface area contributed by atoms with Crippen LogP contribution >= 0.6 is 23.5 Å². The molecule has 0 aromatic carbocycles. The Labute approximate surface area is 161 Å². The van der Waals surface area contributed by atoms with Crippen LogP contribution in [0.1, 0.15) is 45.1 Å². The number of fused-ring (bicyclic) bond motifs is 1. The second-order valence-corrected chi connectivity index (χ2v) is 9.08. The van der Waals surface area contributed by atoms with Gasteiger partial charge in [-0.2, -0.15) is 11.8 Å². The predicted molar refractivity (Wildman–Crippen MR) is 102 cm³/mol. The molecule has 1 atom stereocenters. The van der Waals surface area contributed by atoms with Crippen molar-refractivity contribution in [1.82, 2.24) is 9.80 Å². The van der Waals surface area contributed by atoms with Gasteiger partial charge in [-0.25, -0.2) is 0 Å². The fourth-order valence-electron chi connectivity index (χ4n) is 3.82. The fraction of sp³-hybridized carbons (Fsp3) is 0.611. The monoisotopic (exact) mass is 394 g/mol. The molecule has 3 heterocycles. The van der Waals surface area contributed by atoms with E-state index in [1.165, 1.54) is 0 Å². The first-order chi connectivity index (χ1) is 12.6. The van der Waals surface area contributed by atoms with Crippen LogP contribution < -0.4 is 0 Å². The molecule has 6 nitrogen and oxygen atoms in total. The van der Waals surface area contributed by atoms with Crippen molar-refractivity contribution in [2.45, 2.75) is 32.2 Å². The molecule has 0 spiro atoms. The third-order valence-electron chi connectivity index (χ3n) is 5.25. The fourth-order valence-corrected chi connectivity index (χ4v) is 5.87. The standard InChI is InChI=1S/C18H22N2O4S2/c1-11-15-13(21)3-2-4-14(15)24-16(11)18(23)20-10-26-9-12(20)17(22)19-5-7-25-8-6-19/h12H,2-10H2,1H3. The molecular formula is C18H22N2O4S2. The minimum absolute atomic E-state index is 0.0358. The summed E-state index contributed by atoms with van der Waals surface area (Å²) in [5.74, 6) is 3.69. The van der Waals surface area contributed by atoms with Gasteiger partial charge >= 0.3 is 0 Å². The Morgan fingerprint density at radius 2 is 1.92 bits per heavy atom. The average molecular weight is 395 g/mol. The summed E-state index contributed by atoms with van der Waals surface area (Å²) in [7, 11) is 0. The summed E-state index contributed by atoms with van der Waals surface area (Å²) in [4.78, 5) is 41.7. The molecule has 0 radical (unpaired) electrons. The van der Waals surface area contributed by atoms with E-state index in [2.05, 4.69) is 0 Å². The van der Waals surface area contributed by atoms with Crippen LogP contribution in [0.25, 0.3) is 0 Å². The summed E-state index contributed by atoms with van der Waals surface area (Å²) >= 11 is 3.44. The largest absolute Gasteiger partial charge is 0.455 e. The van der Waals surface area contributed by atoms with E-state index < -0.39 is 6.04 Å². The highest BCUT2D eigenvalue weighted by Gasteiger charge is 2.40. The molecule has 1 unspecified atom stereocenters. The molecule has 2 saturated heterocycles. The number of hydrogen-bond donors (Lipinski definition) is 0. The van der Waals surface area contributed by atoms with Crippen LogP contribution in [0.3, 0.4) is 0 Å². The first kappa shape index (κ1) is 18.0. The van der Waals surface area contributed by atoms with Crippen LogP contribution in [0.2, 0.25) is 0 Å². The molecule has 26 heavy (non-hydrogen) atoms. The highest BCUT2D eigenvalue weighted by molar-refractivity contribution is 7.99. The Balaban J connectivity index is 1.57. The molecule has 2 aliphatic heterocycles. The van der Waals surface area contributed by atoms with Gasteiger partial charge in [0.2, 0.25) is 5.91 Å². The lowest BCUT2D eigenvalue weighted by atomic mass is 9.94. The van der Waals surface area contributed by atoms with Crippen molar-refractivity contribution in [3.05, 3.63) is 22.6 Å². The summed E-state index contributed by atoms with van der Waals surface area (Å²) in [6, 6.07) is -0.437. The number of ketones is 1. The van der Waals surface area contributed by atoms with E-state index in [0.717, 1.165) is 31.0 Å². The number of furan rings is 1. The number of Topliss-reactive ketones (excluding diaryl/α,β-unsaturated/α-hetero) is 1. The molecule has 3 aliphatic rings. The van der Waals surface area contributed by atoms with Crippen molar-refractivity contribution in [3.8, 4) is 0 Å². The van der Waals surface area contributed by atoms with Crippen LogP contribution in [-0.4, -0.2) is 69.7 Å². The Kier molecular flexibility index (Phi) is 5.05. The number of carbonyl (C=O) groups is 3. The second kappa shape index (κ2) is 7.31. The van der Waals surface area contributed by atoms with Gasteiger partial charge in [-0.15, -0.1) is 11.8 Å². The average Bonchev–Trinajstić information content (AvgIpc) is 3.27. The molecule has 1 aromatic rings. The zero-order valence-corrected chi connectivity index (χ0v) is 16.4. The number of amides is 2. The Bertz CT molecular complexity index is 755. The zero-order chi connectivity index (χ0) is 18.3. The van der Waals surface area contributed by atoms with E-state index in [0.29, 0.717) is 41.4 Å². The highest BCUT2D eigenvalue weighted by Crippen LogP contribution is 2.32. The molecule has 2 fully saturated rings. The summed E-state index contributed by atoms with van der Waals surface area (Å²) < 4.78 is 5.81. The lowest BCUT2D eigenvalue weighted by molar-refractivity contribution is -0.134. The highest BCUT2D eigenvalue weighted by atomic mass is 32.2. The van der Waals surface area contributed by atoms with E-state index in [1.54, 1.807) is 23.6 Å². The summed E-state index contributed by atoms with van der Waals surface area (Å²) in [6.45, 7) is 3.27. The third kappa shape index (κ3) is 3.07. The molecule has 1 aliphatic carbocycles. The van der Waals surface area contributed by atoms with E-state index >= 15 is 0 Å². The lowest BCUT2D eigenvalue weighted by Gasteiger charge is -2.31. The SMILES string of the molecule is Cc1c(C(=O)N2CSCC2C(=O)N2CCSCC2)oc2c1C(=O)CCC2. The van der Waals surface area contributed by atoms with Crippen LogP contribution in [0.5, 0.6) is 0 Å². The van der Waals surface area contributed by atoms with E-state index in [1.807, 2.05) is 16.7 Å². The first-order valence-electron chi connectivity index (χ1n) is 8.98.